The van der Waals surface area contributed by atoms with Crippen molar-refractivity contribution in [1.29, 1.82) is 0 Å². The van der Waals surface area contributed by atoms with Crippen LogP contribution in [0.15, 0.2) is 48.5 Å². The Morgan fingerprint density at radius 3 is 2.82 bits per heavy atom. The van der Waals surface area contributed by atoms with Gasteiger partial charge in [-0.25, -0.2) is 4.68 Å². The highest BCUT2D eigenvalue weighted by Gasteiger charge is 2.24. The third-order valence-electron chi connectivity index (χ3n) is 4.37. The van der Waals surface area contributed by atoms with Gasteiger partial charge in [0.05, 0.1) is 16.4 Å². The summed E-state index contributed by atoms with van der Waals surface area (Å²) in [4.78, 5) is 24.4. The summed E-state index contributed by atoms with van der Waals surface area (Å²) in [6.45, 7) is 3.52. The molecular weight excluding hydrogens is 380 g/mol. The monoisotopic (exact) mass is 396 g/mol. The van der Waals surface area contributed by atoms with E-state index in [2.05, 4.69) is 15.7 Å². The molecule has 0 spiro atoms. The van der Waals surface area contributed by atoms with Gasteiger partial charge in [-0.15, -0.1) is 0 Å². The molecular formula is C20H17ClN4O3. The number of benzene rings is 2. The van der Waals surface area contributed by atoms with Crippen LogP contribution in [0.3, 0.4) is 0 Å². The van der Waals surface area contributed by atoms with Crippen molar-refractivity contribution in [3.8, 4) is 11.4 Å². The number of hydrogen-bond donors (Lipinski definition) is 2. The van der Waals surface area contributed by atoms with Crippen LogP contribution in [0.25, 0.3) is 5.69 Å². The zero-order valence-corrected chi connectivity index (χ0v) is 15.9. The second kappa shape index (κ2) is 7.01. The number of halogens is 1. The summed E-state index contributed by atoms with van der Waals surface area (Å²) in [7, 11) is 0. The third-order valence-corrected chi connectivity index (χ3v) is 4.69. The molecule has 2 N–H and O–H groups in total. The lowest BCUT2D eigenvalue weighted by atomic mass is 10.2. The van der Waals surface area contributed by atoms with E-state index in [4.69, 9.17) is 16.3 Å². The maximum atomic E-state index is 12.6. The molecule has 3 aromatic rings. The molecule has 0 bridgehead atoms. The number of para-hydroxylation sites is 1. The molecule has 2 amide bonds. The van der Waals surface area contributed by atoms with Gasteiger partial charge in [0.1, 0.15) is 5.75 Å². The smallest absolute Gasteiger partial charge is 0.276 e. The summed E-state index contributed by atoms with van der Waals surface area (Å²) in [5.74, 6) is -0.0423. The number of nitrogens with zero attached hydrogens (tertiary/aromatic N) is 2. The topological polar surface area (TPSA) is 85.2 Å². The van der Waals surface area contributed by atoms with Crippen LogP contribution in [0.2, 0.25) is 5.02 Å². The van der Waals surface area contributed by atoms with Crippen molar-refractivity contribution in [2.75, 3.05) is 10.6 Å². The fourth-order valence-corrected chi connectivity index (χ4v) is 3.15. The Hall–Kier alpha value is -3.32. The van der Waals surface area contributed by atoms with Gasteiger partial charge in [-0.2, -0.15) is 5.10 Å². The van der Waals surface area contributed by atoms with Crippen molar-refractivity contribution in [1.82, 2.24) is 9.78 Å². The van der Waals surface area contributed by atoms with Gasteiger partial charge in [0.15, 0.2) is 11.8 Å². The minimum atomic E-state index is -0.551. The lowest BCUT2D eigenvalue weighted by Crippen LogP contribution is -2.34. The van der Waals surface area contributed by atoms with Gasteiger partial charge in [-0.05, 0) is 50.2 Å². The average molecular weight is 397 g/mol. The van der Waals surface area contributed by atoms with Crippen LogP contribution in [0.4, 0.5) is 11.4 Å². The summed E-state index contributed by atoms with van der Waals surface area (Å²) in [5.41, 5.74) is 2.76. The van der Waals surface area contributed by atoms with E-state index in [1.54, 1.807) is 41.9 Å². The van der Waals surface area contributed by atoms with Crippen LogP contribution in [0.1, 0.15) is 23.1 Å². The van der Waals surface area contributed by atoms with Gasteiger partial charge in [0.25, 0.3) is 11.8 Å². The van der Waals surface area contributed by atoms with E-state index in [9.17, 15) is 9.59 Å². The van der Waals surface area contributed by atoms with Gasteiger partial charge in [-0.3, -0.25) is 9.59 Å². The van der Waals surface area contributed by atoms with Crippen LogP contribution in [0.5, 0.6) is 5.75 Å². The van der Waals surface area contributed by atoms with Gasteiger partial charge in [-0.1, -0.05) is 23.7 Å². The van der Waals surface area contributed by atoms with Crippen LogP contribution in [-0.2, 0) is 4.79 Å². The zero-order valence-electron chi connectivity index (χ0n) is 15.2. The number of carbonyl (C=O) groups is 2. The Labute approximate surface area is 166 Å². The van der Waals surface area contributed by atoms with E-state index in [1.807, 2.05) is 25.1 Å². The lowest BCUT2D eigenvalue weighted by molar-refractivity contribution is -0.122. The first-order chi connectivity index (χ1) is 13.4. The molecule has 1 aliphatic rings. The van der Waals surface area contributed by atoms with E-state index < -0.39 is 6.10 Å². The van der Waals surface area contributed by atoms with Gasteiger partial charge in [0, 0.05) is 11.4 Å². The number of aryl methyl sites for hydroxylation is 1. The molecule has 0 saturated carbocycles. The fraction of sp³-hybridized carbons (Fsp3) is 0.150. The van der Waals surface area contributed by atoms with E-state index >= 15 is 0 Å². The Morgan fingerprint density at radius 1 is 1.25 bits per heavy atom. The number of anilines is 2. The Kier molecular flexibility index (Phi) is 4.52. The summed E-state index contributed by atoms with van der Waals surface area (Å²) < 4.78 is 7.14. The molecule has 8 heteroatoms. The maximum absolute atomic E-state index is 12.6. The predicted molar refractivity (Wildman–Crippen MR) is 106 cm³/mol. The largest absolute Gasteiger partial charge is 0.479 e. The average Bonchev–Trinajstić information content (AvgIpc) is 3.05. The molecule has 7 nitrogen and oxygen atoms in total. The quantitative estimate of drug-likeness (QED) is 0.705. The SMILES string of the molecule is Cc1cc(C(=O)Nc2ccc3c(c2)NC(=O)C(C)O3)nn1-c1ccccc1Cl. The van der Waals surface area contributed by atoms with E-state index in [1.165, 1.54) is 0 Å². The first-order valence-corrected chi connectivity index (χ1v) is 9.04. The zero-order chi connectivity index (χ0) is 19.8. The maximum Gasteiger partial charge on any atom is 0.276 e. The second-order valence-electron chi connectivity index (χ2n) is 6.45. The number of nitrogens with one attached hydrogen (secondary N) is 2. The first kappa shape index (κ1) is 18.1. The molecule has 0 fully saturated rings. The van der Waals surface area contributed by atoms with Crippen molar-refractivity contribution >= 4 is 34.8 Å². The standard InChI is InChI=1S/C20H17ClN4O3/c1-11-9-16(24-25(11)17-6-4-3-5-14(17)21)20(27)22-13-7-8-18-15(10-13)23-19(26)12(2)28-18/h3-10,12H,1-2H3,(H,22,27)(H,23,26). The molecule has 1 aliphatic heterocycles. The number of rotatable bonds is 3. The second-order valence-corrected chi connectivity index (χ2v) is 6.86. The van der Waals surface area contributed by atoms with Crippen LogP contribution >= 0.6 is 11.6 Å². The van der Waals surface area contributed by atoms with E-state index in [0.29, 0.717) is 27.8 Å². The van der Waals surface area contributed by atoms with Crippen molar-refractivity contribution < 1.29 is 14.3 Å². The number of ether oxygens (including phenoxy) is 1. The summed E-state index contributed by atoms with van der Waals surface area (Å²) in [6, 6.07) is 14.0. The number of hydrogen-bond acceptors (Lipinski definition) is 4. The van der Waals surface area contributed by atoms with Crippen molar-refractivity contribution in [2.24, 2.45) is 0 Å². The van der Waals surface area contributed by atoms with Gasteiger partial charge in [0.2, 0.25) is 0 Å². The molecule has 1 atom stereocenters. The molecule has 0 saturated heterocycles. The highest BCUT2D eigenvalue weighted by Crippen LogP contribution is 2.32. The molecule has 1 unspecified atom stereocenters. The van der Waals surface area contributed by atoms with Crippen LogP contribution < -0.4 is 15.4 Å². The number of carbonyl (C=O) groups excluding carboxylic acids is 2. The normalized spacial score (nSPS) is 15.4. The highest BCUT2D eigenvalue weighted by atomic mass is 35.5. The van der Waals surface area contributed by atoms with Crippen LogP contribution in [0, 0.1) is 6.92 Å². The van der Waals surface area contributed by atoms with Crippen molar-refractivity contribution in [2.45, 2.75) is 20.0 Å². The number of amides is 2. The Bertz CT molecular complexity index is 1090. The van der Waals surface area contributed by atoms with Crippen LogP contribution in [-0.4, -0.2) is 27.7 Å². The highest BCUT2D eigenvalue weighted by molar-refractivity contribution is 6.32. The third kappa shape index (κ3) is 3.32. The van der Waals surface area contributed by atoms with Gasteiger partial charge >= 0.3 is 0 Å². The minimum Gasteiger partial charge on any atom is -0.479 e. The molecule has 1 aromatic heterocycles. The lowest BCUT2D eigenvalue weighted by Gasteiger charge is -2.23. The number of fused-ring (bicyclic) bond motifs is 1. The van der Waals surface area contributed by atoms with Crippen molar-refractivity contribution in [3.05, 3.63) is 64.9 Å². The summed E-state index contributed by atoms with van der Waals surface area (Å²) in [6.07, 6.45) is -0.551. The molecule has 28 heavy (non-hydrogen) atoms. The number of aromatic nitrogens is 2. The summed E-state index contributed by atoms with van der Waals surface area (Å²) >= 11 is 6.23. The molecule has 142 valence electrons. The Morgan fingerprint density at radius 2 is 2.04 bits per heavy atom. The van der Waals surface area contributed by atoms with Crippen molar-refractivity contribution in [3.63, 3.8) is 0 Å². The first-order valence-electron chi connectivity index (χ1n) is 8.67. The van der Waals surface area contributed by atoms with E-state index in [0.717, 1.165) is 5.69 Å². The molecule has 2 heterocycles. The predicted octanol–water partition coefficient (Wildman–Crippen LogP) is 3.81. The molecule has 0 aliphatic carbocycles. The Balaban J connectivity index is 1.57. The van der Waals surface area contributed by atoms with Gasteiger partial charge < -0.3 is 15.4 Å². The molecule has 2 aromatic carbocycles. The minimum absolute atomic E-state index is 0.231. The molecule has 4 rings (SSSR count). The van der Waals surface area contributed by atoms with E-state index in [-0.39, 0.29) is 17.5 Å². The fourth-order valence-electron chi connectivity index (χ4n) is 2.93. The summed E-state index contributed by atoms with van der Waals surface area (Å²) in [5, 5.41) is 10.5. The molecule has 0 radical (unpaired) electrons.